The molecule has 10 nitrogen and oxygen atoms in total. The quantitative estimate of drug-likeness (QED) is 0.314. The number of rotatable bonds is 11. The molecule has 3 aromatic rings. The molecule has 2 N–H and O–H groups in total. The van der Waals surface area contributed by atoms with E-state index in [0.29, 0.717) is 53.5 Å². The van der Waals surface area contributed by atoms with Gasteiger partial charge in [-0.15, -0.1) is 0 Å². The molecule has 12 heteroatoms. The Bertz CT molecular complexity index is 1420. The number of likely N-dealkylation sites (tertiary alicyclic amines) is 1. The van der Waals surface area contributed by atoms with E-state index in [1.54, 1.807) is 19.2 Å². The first kappa shape index (κ1) is 31.6. The van der Waals surface area contributed by atoms with Crippen molar-refractivity contribution in [1.82, 2.24) is 25.1 Å². The zero-order valence-corrected chi connectivity index (χ0v) is 25.6. The van der Waals surface area contributed by atoms with Gasteiger partial charge in [-0.25, -0.2) is 14.4 Å². The third-order valence-corrected chi connectivity index (χ3v) is 8.27. The van der Waals surface area contributed by atoms with Crippen molar-refractivity contribution in [2.24, 2.45) is 5.92 Å². The number of aromatic nitrogens is 2. The van der Waals surface area contributed by atoms with Crippen LogP contribution in [0.5, 0.6) is 11.6 Å². The van der Waals surface area contributed by atoms with Gasteiger partial charge in [0.15, 0.2) is 0 Å². The number of piperidine rings is 1. The number of hydrogen-bond acceptors (Lipinski definition) is 8. The van der Waals surface area contributed by atoms with E-state index in [1.807, 2.05) is 24.3 Å². The second kappa shape index (κ2) is 14.8. The first-order valence-corrected chi connectivity index (χ1v) is 15.3. The standard InChI is InChI=1S/C32H38ClFN6O4/c1-22(41)35-19-23-4-7-39(8-5-23)21-24-14-29(25-16-26(33)18-27(34)17-25)37-31(15-24)44-28-2-3-30(36-20-28)40-12-10-38(11-13-40)9-6-32(42)43/h2-3,14-18,20,23H,4-13,19,21H2,1H3,(H,35,41)(H,42,43). The molecule has 0 saturated carbocycles. The van der Waals surface area contributed by atoms with Gasteiger partial charge in [0.05, 0.1) is 18.3 Å². The predicted octanol–water partition coefficient (Wildman–Crippen LogP) is 4.67. The van der Waals surface area contributed by atoms with Gasteiger partial charge < -0.3 is 20.1 Å². The van der Waals surface area contributed by atoms with Crippen molar-refractivity contribution in [2.75, 3.05) is 57.3 Å². The van der Waals surface area contributed by atoms with E-state index in [-0.39, 0.29) is 12.3 Å². The van der Waals surface area contributed by atoms with E-state index < -0.39 is 11.8 Å². The summed E-state index contributed by atoms with van der Waals surface area (Å²) in [5, 5.41) is 12.1. The van der Waals surface area contributed by atoms with Crippen molar-refractivity contribution in [3.05, 3.63) is 65.1 Å². The Morgan fingerprint density at radius 3 is 2.48 bits per heavy atom. The lowest BCUT2D eigenvalue weighted by molar-refractivity contribution is -0.137. The van der Waals surface area contributed by atoms with Gasteiger partial charge >= 0.3 is 5.97 Å². The van der Waals surface area contributed by atoms with Crippen LogP contribution in [0, 0.1) is 11.7 Å². The topological polar surface area (TPSA) is 111 Å². The zero-order valence-electron chi connectivity index (χ0n) is 24.8. The smallest absolute Gasteiger partial charge is 0.304 e. The Balaban J connectivity index is 1.27. The number of amides is 1. The summed E-state index contributed by atoms with van der Waals surface area (Å²) >= 11 is 6.17. The van der Waals surface area contributed by atoms with Crippen molar-refractivity contribution in [1.29, 1.82) is 0 Å². The minimum Gasteiger partial charge on any atom is -0.481 e. The minimum atomic E-state index is -0.781. The summed E-state index contributed by atoms with van der Waals surface area (Å²) in [6, 6.07) is 12.0. The van der Waals surface area contributed by atoms with Crippen LogP contribution in [0.15, 0.2) is 48.7 Å². The summed E-state index contributed by atoms with van der Waals surface area (Å²) in [4.78, 5) is 38.1. The fraction of sp³-hybridized carbons (Fsp3) is 0.438. The Labute approximate surface area is 261 Å². The molecule has 4 heterocycles. The Morgan fingerprint density at radius 2 is 1.82 bits per heavy atom. The molecule has 0 spiro atoms. The van der Waals surface area contributed by atoms with Crippen molar-refractivity contribution < 1.29 is 23.8 Å². The first-order valence-electron chi connectivity index (χ1n) is 15.0. The van der Waals surface area contributed by atoms with Gasteiger partial charge in [0.2, 0.25) is 11.8 Å². The number of ether oxygens (including phenoxy) is 1. The third-order valence-electron chi connectivity index (χ3n) is 8.05. The molecule has 2 aliphatic rings. The van der Waals surface area contributed by atoms with Gasteiger partial charge in [0, 0.05) is 69.4 Å². The number of anilines is 1. The number of nitrogens with zero attached hydrogens (tertiary/aromatic N) is 5. The second-order valence-electron chi connectivity index (χ2n) is 11.4. The lowest BCUT2D eigenvalue weighted by Crippen LogP contribution is -2.47. The monoisotopic (exact) mass is 624 g/mol. The molecule has 0 unspecified atom stereocenters. The molecule has 2 aromatic heterocycles. The molecular weight excluding hydrogens is 587 g/mol. The molecule has 1 aromatic carbocycles. The molecular formula is C32H38ClFN6O4. The maximum Gasteiger partial charge on any atom is 0.304 e. The van der Waals surface area contributed by atoms with Gasteiger partial charge in [0.1, 0.15) is 17.4 Å². The summed E-state index contributed by atoms with van der Waals surface area (Å²) < 4.78 is 20.4. The summed E-state index contributed by atoms with van der Waals surface area (Å²) in [7, 11) is 0. The van der Waals surface area contributed by atoms with E-state index in [1.165, 1.54) is 12.1 Å². The number of carbonyl (C=O) groups is 2. The van der Waals surface area contributed by atoms with Crippen molar-refractivity contribution in [2.45, 2.75) is 32.7 Å². The first-order chi connectivity index (χ1) is 21.2. The fourth-order valence-corrected chi connectivity index (χ4v) is 5.86. The lowest BCUT2D eigenvalue weighted by Gasteiger charge is -2.35. The minimum absolute atomic E-state index is 0.000587. The van der Waals surface area contributed by atoms with Crippen LogP contribution in [-0.2, 0) is 16.1 Å². The molecule has 2 aliphatic heterocycles. The molecule has 5 rings (SSSR count). The molecule has 234 valence electrons. The van der Waals surface area contributed by atoms with E-state index in [0.717, 1.165) is 63.5 Å². The van der Waals surface area contributed by atoms with Crippen LogP contribution in [0.3, 0.4) is 0 Å². The number of hydrogen-bond donors (Lipinski definition) is 2. The number of halogens is 2. The van der Waals surface area contributed by atoms with Gasteiger partial charge in [0.25, 0.3) is 0 Å². The SMILES string of the molecule is CC(=O)NCC1CCN(Cc2cc(Oc3ccc(N4CCN(CCC(=O)O)CC4)nc3)nc(-c3cc(F)cc(Cl)c3)c2)CC1. The highest BCUT2D eigenvalue weighted by Gasteiger charge is 2.21. The molecule has 1 amide bonds. The molecule has 2 saturated heterocycles. The van der Waals surface area contributed by atoms with Gasteiger partial charge in [-0.1, -0.05) is 11.6 Å². The highest BCUT2D eigenvalue weighted by molar-refractivity contribution is 6.30. The highest BCUT2D eigenvalue weighted by atomic mass is 35.5. The second-order valence-corrected chi connectivity index (χ2v) is 11.9. The van der Waals surface area contributed by atoms with Crippen LogP contribution in [0.2, 0.25) is 5.02 Å². The van der Waals surface area contributed by atoms with Crippen LogP contribution in [-0.4, -0.2) is 89.1 Å². The predicted molar refractivity (Wildman–Crippen MR) is 167 cm³/mol. The van der Waals surface area contributed by atoms with Crippen LogP contribution in [0.25, 0.3) is 11.3 Å². The number of carboxylic acid groups (broad SMARTS) is 1. The van der Waals surface area contributed by atoms with Gasteiger partial charge in [-0.05, 0) is 73.8 Å². The lowest BCUT2D eigenvalue weighted by atomic mass is 9.96. The largest absolute Gasteiger partial charge is 0.481 e. The van der Waals surface area contributed by atoms with Crippen molar-refractivity contribution in [3.8, 4) is 22.9 Å². The molecule has 0 radical (unpaired) electrons. The van der Waals surface area contributed by atoms with Crippen LogP contribution < -0.4 is 15.0 Å². The Kier molecular flexibility index (Phi) is 10.6. The number of nitrogens with one attached hydrogen (secondary N) is 1. The molecule has 44 heavy (non-hydrogen) atoms. The van der Waals surface area contributed by atoms with E-state index in [9.17, 15) is 14.0 Å². The molecule has 0 bridgehead atoms. The Morgan fingerprint density at radius 1 is 1.05 bits per heavy atom. The molecule has 0 atom stereocenters. The summed E-state index contributed by atoms with van der Waals surface area (Å²) in [5.74, 6) is 0.976. The number of carbonyl (C=O) groups excluding carboxylic acids is 1. The Hall–Kier alpha value is -3.80. The maximum absolute atomic E-state index is 14.3. The van der Waals surface area contributed by atoms with Gasteiger partial charge in [-0.3, -0.25) is 19.4 Å². The summed E-state index contributed by atoms with van der Waals surface area (Å²) in [6.45, 7) is 8.38. The van der Waals surface area contributed by atoms with E-state index in [4.69, 9.17) is 21.4 Å². The molecule has 0 aliphatic carbocycles. The maximum atomic E-state index is 14.3. The van der Waals surface area contributed by atoms with Gasteiger partial charge in [-0.2, -0.15) is 0 Å². The van der Waals surface area contributed by atoms with Crippen LogP contribution >= 0.6 is 11.6 Å². The number of carboxylic acids is 1. The van der Waals surface area contributed by atoms with E-state index in [2.05, 4.69) is 30.0 Å². The normalized spacial score (nSPS) is 16.6. The number of benzene rings is 1. The summed E-state index contributed by atoms with van der Waals surface area (Å²) in [6.07, 6.45) is 3.80. The average molecular weight is 625 g/mol. The number of pyridine rings is 2. The van der Waals surface area contributed by atoms with Crippen molar-refractivity contribution >= 4 is 29.3 Å². The van der Waals surface area contributed by atoms with Crippen LogP contribution in [0.1, 0.15) is 31.7 Å². The fourth-order valence-electron chi connectivity index (χ4n) is 5.64. The van der Waals surface area contributed by atoms with Crippen molar-refractivity contribution in [3.63, 3.8) is 0 Å². The summed E-state index contributed by atoms with van der Waals surface area (Å²) in [5.41, 5.74) is 2.10. The number of aliphatic carboxylic acids is 1. The average Bonchev–Trinajstić information content (AvgIpc) is 3.00. The third kappa shape index (κ3) is 9.10. The molecule has 2 fully saturated rings. The van der Waals surface area contributed by atoms with Crippen LogP contribution in [0.4, 0.5) is 10.2 Å². The zero-order chi connectivity index (χ0) is 31.1. The number of piperazine rings is 1. The highest BCUT2D eigenvalue weighted by Crippen LogP contribution is 2.30. The van der Waals surface area contributed by atoms with E-state index >= 15 is 0 Å².